The van der Waals surface area contributed by atoms with E-state index in [2.05, 4.69) is 10.0 Å². The predicted octanol–water partition coefficient (Wildman–Crippen LogP) is 2.24. The Morgan fingerprint density at radius 1 is 1.00 bits per heavy atom. The van der Waals surface area contributed by atoms with Crippen LogP contribution >= 0.6 is 0 Å². The Bertz CT molecular complexity index is 973. The average Bonchev–Trinajstić information content (AvgIpc) is 2.68. The van der Waals surface area contributed by atoms with Crippen LogP contribution in [0.1, 0.15) is 19.4 Å². The Morgan fingerprint density at radius 3 is 2.24 bits per heavy atom. The molecule has 0 saturated heterocycles. The lowest BCUT2D eigenvalue weighted by Gasteiger charge is -2.18. The first-order chi connectivity index (χ1) is 13.6. The third-order valence-corrected chi connectivity index (χ3v) is 5.60. The van der Waals surface area contributed by atoms with Crippen molar-refractivity contribution in [2.45, 2.75) is 37.8 Å². The summed E-state index contributed by atoms with van der Waals surface area (Å²) < 4.78 is 37.3. The number of carbonyl (C=O) groups excluding carboxylic acids is 2. The lowest BCUT2D eigenvalue weighted by Crippen LogP contribution is -2.42. The van der Waals surface area contributed by atoms with Gasteiger partial charge in [-0.15, -0.1) is 0 Å². The molecule has 9 heteroatoms. The summed E-state index contributed by atoms with van der Waals surface area (Å²) >= 11 is 0. The summed E-state index contributed by atoms with van der Waals surface area (Å²) in [4.78, 5) is 24.6. The molecule has 0 bridgehead atoms. The number of aryl methyl sites for hydroxylation is 1. The number of ether oxygens (including phenoxy) is 2. The van der Waals surface area contributed by atoms with E-state index in [4.69, 9.17) is 9.47 Å². The first-order valence-electron chi connectivity index (χ1n) is 8.87. The fourth-order valence-electron chi connectivity index (χ4n) is 2.38. The molecule has 2 N–H and O–H groups in total. The summed E-state index contributed by atoms with van der Waals surface area (Å²) in [5, 5.41) is 2.61. The number of carbonyl (C=O) groups is 2. The Balaban J connectivity index is 1.97. The van der Waals surface area contributed by atoms with Crippen LogP contribution in [-0.2, 0) is 24.3 Å². The lowest BCUT2D eigenvalue weighted by atomic mass is 10.2. The van der Waals surface area contributed by atoms with Gasteiger partial charge in [0.15, 0.2) is 6.10 Å². The van der Waals surface area contributed by atoms with Crippen molar-refractivity contribution in [3.05, 3.63) is 54.1 Å². The zero-order chi connectivity index (χ0) is 21.6. The number of rotatable bonds is 8. The minimum Gasteiger partial charge on any atom is -0.495 e. The second-order valence-electron chi connectivity index (χ2n) is 6.42. The molecule has 2 aromatic carbocycles. The molecule has 0 unspecified atom stereocenters. The molecule has 2 aromatic rings. The number of benzene rings is 2. The zero-order valence-electron chi connectivity index (χ0n) is 16.6. The quantitative estimate of drug-likeness (QED) is 0.634. The third-order valence-electron chi connectivity index (χ3n) is 4.04. The van der Waals surface area contributed by atoms with Gasteiger partial charge >= 0.3 is 5.97 Å². The van der Waals surface area contributed by atoms with Crippen molar-refractivity contribution >= 4 is 27.6 Å². The largest absolute Gasteiger partial charge is 0.495 e. The Hall–Kier alpha value is -2.91. The van der Waals surface area contributed by atoms with Gasteiger partial charge in [0.2, 0.25) is 10.0 Å². The van der Waals surface area contributed by atoms with E-state index in [-0.39, 0.29) is 4.90 Å². The molecule has 2 atom stereocenters. The van der Waals surface area contributed by atoms with E-state index in [0.29, 0.717) is 11.4 Å². The summed E-state index contributed by atoms with van der Waals surface area (Å²) in [6, 6.07) is 11.8. The first-order valence-corrected chi connectivity index (χ1v) is 10.4. The number of methoxy groups -OCH3 is 1. The molecule has 0 aliphatic heterocycles. The fourth-order valence-corrected chi connectivity index (χ4v) is 3.57. The van der Waals surface area contributed by atoms with Crippen molar-refractivity contribution in [2.75, 3.05) is 12.4 Å². The molecule has 0 heterocycles. The van der Waals surface area contributed by atoms with Crippen molar-refractivity contribution in [3.8, 4) is 5.75 Å². The monoisotopic (exact) mass is 420 g/mol. The van der Waals surface area contributed by atoms with Crippen LogP contribution in [0.25, 0.3) is 0 Å². The first kappa shape index (κ1) is 22.4. The maximum atomic E-state index is 12.4. The van der Waals surface area contributed by atoms with Crippen LogP contribution in [0.15, 0.2) is 53.4 Å². The van der Waals surface area contributed by atoms with Crippen LogP contribution in [0.3, 0.4) is 0 Å². The van der Waals surface area contributed by atoms with Gasteiger partial charge in [0.05, 0.1) is 17.7 Å². The SMILES string of the molecule is COc1ccccc1NC(=O)[C@H](C)OC(=O)[C@H](C)NS(=O)(=O)c1ccc(C)cc1. The molecule has 0 radical (unpaired) electrons. The number of anilines is 1. The summed E-state index contributed by atoms with van der Waals surface area (Å²) in [5.41, 5.74) is 1.34. The molecule has 0 aliphatic rings. The topological polar surface area (TPSA) is 111 Å². The number of hydrogen-bond acceptors (Lipinski definition) is 6. The van der Waals surface area contributed by atoms with E-state index in [1.54, 1.807) is 36.4 Å². The van der Waals surface area contributed by atoms with Gasteiger partial charge in [-0.3, -0.25) is 9.59 Å². The molecular formula is C20H24N2O6S. The molecule has 0 saturated carbocycles. The minimum absolute atomic E-state index is 0.0321. The van der Waals surface area contributed by atoms with Gasteiger partial charge in [-0.2, -0.15) is 4.72 Å². The van der Waals surface area contributed by atoms with Crippen LogP contribution in [0.5, 0.6) is 5.75 Å². The zero-order valence-corrected chi connectivity index (χ0v) is 17.4. The van der Waals surface area contributed by atoms with Crippen molar-refractivity contribution in [2.24, 2.45) is 0 Å². The lowest BCUT2D eigenvalue weighted by molar-refractivity contribution is -0.154. The van der Waals surface area contributed by atoms with E-state index in [1.165, 1.54) is 33.1 Å². The highest BCUT2D eigenvalue weighted by molar-refractivity contribution is 7.89. The van der Waals surface area contributed by atoms with E-state index in [0.717, 1.165) is 5.56 Å². The van der Waals surface area contributed by atoms with Crippen molar-refractivity contribution < 1.29 is 27.5 Å². The average molecular weight is 420 g/mol. The molecule has 29 heavy (non-hydrogen) atoms. The standard InChI is InChI=1S/C20H24N2O6S/c1-13-9-11-16(12-10-13)29(25,26)22-14(2)20(24)28-15(3)19(23)21-17-7-5-6-8-18(17)27-4/h5-12,14-15,22H,1-4H3,(H,21,23)/t14-,15-/m0/s1. The van der Waals surface area contributed by atoms with E-state index >= 15 is 0 Å². The van der Waals surface area contributed by atoms with Crippen LogP contribution in [0, 0.1) is 6.92 Å². The van der Waals surface area contributed by atoms with Crippen molar-refractivity contribution in [3.63, 3.8) is 0 Å². The summed E-state index contributed by atoms with van der Waals surface area (Å²) in [6.07, 6.45) is -1.14. The highest BCUT2D eigenvalue weighted by atomic mass is 32.2. The molecule has 2 rings (SSSR count). The maximum absolute atomic E-state index is 12.4. The molecule has 1 amide bonds. The fraction of sp³-hybridized carbons (Fsp3) is 0.300. The number of amides is 1. The molecule has 0 fully saturated rings. The second kappa shape index (κ2) is 9.53. The van der Waals surface area contributed by atoms with E-state index < -0.39 is 34.0 Å². The van der Waals surface area contributed by atoms with Crippen LogP contribution < -0.4 is 14.8 Å². The number of para-hydroxylation sites is 2. The number of sulfonamides is 1. The Morgan fingerprint density at radius 2 is 1.62 bits per heavy atom. The van der Waals surface area contributed by atoms with Gasteiger partial charge in [0.25, 0.3) is 5.91 Å². The highest BCUT2D eigenvalue weighted by Crippen LogP contribution is 2.23. The van der Waals surface area contributed by atoms with Gasteiger partial charge in [-0.1, -0.05) is 29.8 Å². The predicted molar refractivity (Wildman–Crippen MR) is 108 cm³/mol. The number of nitrogens with one attached hydrogen (secondary N) is 2. The van der Waals surface area contributed by atoms with Crippen molar-refractivity contribution in [1.29, 1.82) is 0 Å². The molecule has 8 nitrogen and oxygen atoms in total. The third kappa shape index (κ3) is 6.03. The van der Waals surface area contributed by atoms with Gasteiger partial charge in [0, 0.05) is 0 Å². The second-order valence-corrected chi connectivity index (χ2v) is 8.14. The molecule has 156 valence electrons. The molecule has 0 aliphatic carbocycles. The summed E-state index contributed by atoms with van der Waals surface area (Å²) in [5.74, 6) is -0.988. The normalized spacial score (nSPS) is 13.2. The highest BCUT2D eigenvalue weighted by Gasteiger charge is 2.26. The smallest absolute Gasteiger partial charge is 0.324 e. The number of esters is 1. The van der Waals surface area contributed by atoms with E-state index in [9.17, 15) is 18.0 Å². The Kier molecular flexibility index (Phi) is 7.35. The number of hydrogen-bond donors (Lipinski definition) is 2. The van der Waals surface area contributed by atoms with Gasteiger partial charge in [0.1, 0.15) is 11.8 Å². The molecular weight excluding hydrogens is 396 g/mol. The van der Waals surface area contributed by atoms with Crippen LogP contribution in [0.2, 0.25) is 0 Å². The van der Waals surface area contributed by atoms with Crippen LogP contribution in [0.4, 0.5) is 5.69 Å². The maximum Gasteiger partial charge on any atom is 0.324 e. The summed E-state index contributed by atoms with van der Waals surface area (Å²) in [7, 11) is -2.43. The van der Waals surface area contributed by atoms with Gasteiger partial charge in [-0.25, -0.2) is 8.42 Å². The van der Waals surface area contributed by atoms with Crippen LogP contribution in [-0.4, -0.2) is 39.5 Å². The van der Waals surface area contributed by atoms with Crippen molar-refractivity contribution in [1.82, 2.24) is 4.72 Å². The molecule has 0 aromatic heterocycles. The van der Waals surface area contributed by atoms with Gasteiger partial charge < -0.3 is 14.8 Å². The van der Waals surface area contributed by atoms with E-state index in [1.807, 2.05) is 6.92 Å². The molecule has 0 spiro atoms. The Labute approximate surface area is 170 Å². The minimum atomic E-state index is -3.90. The summed E-state index contributed by atoms with van der Waals surface area (Å²) in [6.45, 7) is 4.57. The van der Waals surface area contributed by atoms with Gasteiger partial charge in [-0.05, 0) is 45.0 Å².